The maximum atomic E-state index is 9.37. The van der Waals surface area contributed by atoms with Crippen molar-refractivity contribution in [3.8, 4) is 0 Å². The Hall–Kier alpha value is 0.270. The van der Waals surface area contributed by atoms with Crippen molar-refractivity contribution in [3.05, 3.63) is 0 Å². The lowest BCUT2D eigenvalue weighted by Gasteiger charge is -2.32. The van der Waals surface area contributed by atoms with Gasteiger partial charge in [-0.3, -0.25) is 4.72 Å². The van der Waals surface area contributed by atoms with Crippen LogP contribution in [0.5, 0.6) is 0 Å². The molecule has 0 radical (unpaired) electrons. The van der Waals surface area contributed by atoms with Crippen LogP contribution in [0.15, 0.2) is 0 Å². The van der Waals surface area contributed by atoms with E-state index in [1.54, 1.807) is 7.05 Å². The molecule has 1 atom stereocenters. The van der Waals surface area contributed by atoms with E-state index in [9.17, 15) is 4.55 Å². The highest BCUT2D eigenvalue weighted by Crippen LogP contribution is 2.38. The Bertz CT molecular complexity index is 72.8. The van der Waals surface area contributed by atoms with Crippen LogP contribution in [0.2, 0.25) is 0 Å². The van der Waals surface area contributed by atoms with Gasteiger partial charge in [-0.25, -0.2) is 0 Å². The van der Waals surface area contributed by atoms with Crippen molar-refractivity contribution in [1.29, 1.82) is 0 Å². The summed E-state index contributed by atoms with van der Waals surface area (Å²) >= 11 is 0. The van der Waals surface area contributed by atoms with Crippen LogP contribution in [-0.2, 0) is 0 Å². The van der Waals surface area contributed by atoms with E-state index in [1.807, 2.05) is 20.1 Å². The minimum atomic E-state index is -1.49. The van der Waals surface area contributed by atoms with E-state index in [4.69, 9.17) is 0 Å². The van der Waals surface area contributed by atoms with Gasteiger partial charge in [0.05, 0.1) is 0 Å². The molecule has 0 aliphatic carbocycles. The van der Waals surface area contributed by atoms with Crippen molar-refractivity contribution in [2.75, 3.05) is 13.3 Å². The second kappa shape index (κ2) is 2.71. The lowest BCUT2D eigenvalue weighted by atomic mass is 10.6. The zero-order valence-electron chi connectivity index (χ0n) is 5.93. The predicted molar refractivity (Wildman–Crippen MR) is 40.3 cm³/mol. The first-order chi connectivity index (χ1) is 3.50. The van der Waals surface area contributed by atoms with Gasteiger partial charge in [-0.15, -0.1) is 0 Å². The van der Waals surface area contributed by atoms with Gasteiger partial charge in [-0.2, -0.15) is 0 Å². The molecule has 2 nitrogen and oxygen atoms in total. The van der Waals surface area contributed by atoms with Gasteiger partial charge in [0, 0.05) is 5.25 Å². The summed E-state index contributed by atoms with van der Waals surface area (Å²) in [5.41, 5.74) is 0. The molecular weight excluding hydrogens is 122 g/mol. The fourth-order valence-corrected chi connectivity index (χ4v) is 0.707. The highest BCUT2D eigenvalue weighted by atomic mass is 32.3. The average Bonchev–Trinajstić information content (AvgIpc) is 1.67. The largest absolute Gasteiger partial charge is 0.338 e. The number of rotatable bonds is 2. The first-order valence-corrected chi connectivity index (χ1v) is 4.75. The van der Waals surface area contributed by atoms with Crippen molar-refractivity contribution in [2.45, 2.75) is 19.1 Å². The van der Waals surface area contributed by atoms with E-state index in [0.717, 1.165) is 0 Å². The first-order valence-electron chi connectivity index (χ1n) is 2.69. The van der Waals surface area contributed by atoms with Gasteiger partial charge in [-0.1, -0.05) is 24.3 Å². The summed E-state index contributed by atoms with van der Waals surface area (Å²) in [6, 6.07) is 0. The molecule has 2 N–H and O–H groups in total. The van der Waals surface area contributed by atoms with Gasteiger partial charge >= 0.3 is 0 Å². The van der Waals surface area contributed by atoms with Crippen LogP contribution >= 0.6 is 10.5 Å². The summed E-state index contributed by atoms with van der Waals surface area (Å²) in [7, 11) is 0.301. The predicted octanol–water partition coefficient (Wildman–Crippen LogP) is 1.44. The molecule has 8 heavy (non-hydrogen) atoms. The molecule has 0 aromatic rings. The van der Waals surface area contributed by atoms with Gasteiger partial charge in [0.2, 0.25) is 0 Å². The molecule has 0 rings (SSSR count). The third kappa shape index (κ3) is 2.03. The molecule has 0 bridgehead atoms. The van der Waals surface area contributed by atoms with Gasteiger partial charge in [-0.05, 0) is 13.3 Å². The van der Waals surface area contributed by atoms with E-state index in [-0.39, 0.29) is 0 Å². The monoisotopic (exact) mass is 137 g/mol. The van der Waals surface area contributed by atoms with Crippen molar-refractivity contribution >= 4 is 10.5 Å². The second-order valence-electron chi connectivity index (χ2n) is 2.19. The molecule has 0 saturated carbocycles. The highest BCUT2D eigenvalue weighted by molar-refractivity contribution is 8.27. The summed E-state index contributed by atoms with van der Waals surface area (Å²) < 4.78 is 12.3. The highest BCUT2D eigenvalue weighted by Gasteiger charge is 2.14. The van der Waals surface area contributed by atoms with Crippen molar-refractivity contribution in [1.82, 2.24) is 4.72 Å². The quantitative estimate of drug-likeness (QED) is 0.603. The van der Waals surface area contributed by atoms with Crippen LogP contribution in [0.25, 0.3) is 0 Å². The van der Waals surface area contributed by atoms with E-state index in [0.29, 0.717) is 5.25 Å². The molecule has 0 saturated heterocycles. The molecule has 0 spiro atoms. The minimum absolute atomic E-state index is 0.340. The Labute approximate surface area is 52.9 Å². The molecule has 0 fully saturated rings. The van der Waals surface area contributed by atoms with E-state index in [2.05, 4.69) is 4.72 Å². The van der Waals surface area contributed by atoms with E-state index in [1.165, 1.54) is 0 Å². The Kier molecular flexibility index (Phi) is 2.80. The van der Waals surface area contributed by atoms with Gasteiger partial charge in [0.15, 0.2) is 0 Å². The third-order valence-corrected chi connectivity index (χ3v) is 3.99. The average molecular weight is 137 g/mol. The molecule has 0 aliphatic heterocycles. The number of hydrogen-bond donors (Lipinski definition) is 2. The molecule has 3 heteroatoms. The zero-order chi connectivity index (χ0) is 6.78. The standard InChI is InChI=1S/C5H15NOS/c1-5(2)8(4,7)6-3/h5-7H,1-4H3. The molecule has 52 valence electrons. The minimum Gasteiger partial charge on any atom is -0.338 e. The summed E-state index contributed by atoms with van der Waals surface area (Å²) in [6.07, 6.45) is 1.84. The lowest BCUT2D eigenvalue weighted by molar-refractivity contribution is 0.610. The van der Waals surface area contributed by atoms with Crippen LogP contribution < -0.4 is 4.72 Å². The zero-order valence-corrected chi connectivity index (χ0v) is 6.75. The van der Waals surface area contributed by atoms with Crippen molar-refractivity contribution in [2.24, 2.45) is 0 Å². The second-order valence-corrected chi connectivity index (χ2v) is 5.41. The maximum Gasteiger partial charge on any atom is 0.0167 e. The molecule has 0 amide bonds. The van der Waals surface area contributed by atoms with Crippen molar-refractivity contribution in [3.63, 3.8) is 0 Å². The van der Waals surface area contributed by atoms with Crippen LogP contribution in [0, 0.1) is 0 Å². The fourth-order valence-electron chi connectivity index (χ4n) is 0.236. The van der Waals surface area contributed by atoms with Gasteiger partial charge in [0.1, 0.15) is 0 Å². The van der Waals surface area contributed by atoms with E-state index >= 15 is 0 Å². The summed E-state index contributed by atoms with van der Waals surface area (Å²) in [5.74, 6) is 0. The Morgan fingerprint density at radius 3 is 1.88 bits per heavy atom. The van der Waals surface area contributed by atoms with Crippen molar-refractivity contribution < 1.29 is 4.55 Å². The van der Waals surface area contributed by atoms with Crippen LogP contribution in [0.3, 0.4) is 0 Å². The lowest BCUT2D eigenvalue weighted by Crippen LogP contribution is -2.22. The third-order valence-electron chi connectivity index (χ3n) is 1.33. The summed E-state index contributed by atoms with van der Waals surface area (Å²) in [4.78, 5) is 0. The van der Waals surface area contributed by atoms with Crippen LogP contribution in [0.1, 0.15) is 13.8 Å². The van der Waals surface area contributed by atoms with Gasteiger partial charge < -0.3 is 4.55 Å². The van der Waals surface area contributed by atoms with Crippen LogP contribution in [0.4, 0.5) is 0 Å². The van der Waals surface area contributed by atoms with Gasteiger partial charge in [0.25, 0.3) is 0 Å². The number of hydrogen-bond acceptors (Lipinski definition) is 2. The Balaban J connectivity index is 3.71. The fraction of sp³-hybridized carbons (Fsp3) is 1.00. The van der Waals surface area contributed by atoms with Crippen LogP contribution in [-0.4, -0.2) is 23.1 Å². The Morgan fingerprint density at radius 2 is 1.88 bits per heavy atom. The molecular formula is C5H15NOS. The normalized spacial score (nSPS) is 22.8. The Morgan fingerprint density at radius 1 is 1.50 bits per heavy atom. The molecule has 0 aliphatic rings. The molecule has 1 unspecified atom stereocenters. The topological polar surface area (TPSA) is 32.3 Å². The first kappa shape index (κ1) is 8.27. The summed E-state index contributed by atoms with van der Waals surface area (Å²) in [5, 5.41) is 0.340. The molecule has 0 aromatic carbocycles. The summed E-state index contributed by atoms with van der Waals surface area (Å²) in [6.45, 7) is 4.01. The number of nitrogens with one attached hydrogen (secondary N) is 1. The smallest absolute Gasteiger partial charge is 0.0167 e. The molecule has 0 heterocycles. The SMILES string of the molecule is CNS(C)(O)C(C)C. The maximum absolute atomic E-state index is 9.37. The van der Waals surface area contributed by atoms with E-state index < -0.39 is 10.5 Å². The molecule has 0 aromatic heterocycles.